The van der Waals surface area contributed by atoms with E-state index in [4.69, 9.17) is 0 Å². The van der Waals surface area contributed by atoms with Crippen molar-refractivity contribution in [3.8, 4) is 10.4 Å². The lowest BCUT2D eigenvalue weighted by Gasteiger charge is -2.12. The minimum Gasteiger partial charge on any atom is -0.294 e. The lowest BCUT2D eigenvalue weighted by Crippen LogP contribution is -2.07. The van der Waals surface area contributed by atoms with Crippen molar-refractivity contribution < 1.29 is 4.79 Å². The Balaban J connectivity index is 2.08. The van der Waals surface area contributed by atoms with Gasteiger partial charge in [0.25, 0.3) is 0 Å². The number of thiophene rings is 1. The molecule has 3 aromatic rings. The van der Waals surface area contributed by atoms with E-state index in [2.05, 4.69) is 30.3 Å². The Morgan fingerprint density at radius 2 is 1.74 bits per heavy atom. The molecule has 0 N–H and O–H groups in total. The number of hydrogen-bond acceptors (Lipinski definition) is 2. The minimum absolute atomic E-state index is 0.288. The lowest BCUT2D eigenvalue weighted by molar-refractivity contribution is 0.0982. The Bertz CT molecular complexity index is 784. The lowest BCUT2D eigenvalue weighted by atomic mass is 9.89. The molecule has 0 aliphatic heterocycles. The molecule has 1 nitrogen and oxygen atoms in total. The van der Waals surface area contributed by atoms with Crippen molar-refractivity contribution in [3.63, 3.8) is 0 Å². The predicted octanol–water partition coefficient (Wildman–Crippen LogP) is 4.70. The Morgan fingerprint density at radius 3 is 2.58 bits per heavy atom. The van der Waals surface area contributed by atoms with Crippen LogP contribution in [-0.4, -0.2) is 5.78 Å². The van der Waals surface area contributed by atoms with Crippen LogP contribution in [0.5, 0.6) is 0 Å². The first-order valence-corrected chi connectivity index (χ1v) is 7.29. The van der Waals surface area contributed by atoms with E-state index in [1.807, 2.05) is 18.2 Å². The number of carbonyl (C=O) groups excluding carboxylic acids is 1. The molecule has 19 heavy (non-hydrogen) atoms. The number of hydrogen-bond donors (Lipinski definition) is 0. The summed E-state index contributed by atoms with van der Waals surface area (Å²) in [5.74, 6) is 0.288. The predicted molar refractivity (Wildman–Crippen MR) is 79.9 cm³/mol. The standard InChI is InChI=1S/C17H12OS/c18-14-10-9-13-16-12(14)7-4-8-15(16)19-17(13)11-5-2-1-3-6-11/h1-8H,9-10H2. The van der Waals surface area contributed by atoms with Gasteiger partial charge in [0, 0.05) is 26.9 Å². The molecule has 0 amide bonds. The average molecular weight is 264 g/mol. The summed E-state index contributed by atoms with van der Waals surface area (Å²) in [5, 5.41) is 1.20. The van der Waals surface area contributed by atoms with Gasteiger partial charge in [0.15, 0.2) is 5.78 Å². The fourth-order valence-corrected chi connectivity index (χ4v) is 4.16. The molecule has 0 saturated heterocycles. The highest BCUT2D eigenvalue weighted by molar-refractivity contribution is 7.22. The van der Waals surface area contributed by atoms with E-state index in [1.54, 1.807) is 11.3 Å². The van der Waals surface area contributed by atoms with Crippen LogP contribution in [0.15, 0.2) is 48.5 Å². The van der Waals surface area contributed by atoms with Crippen molar-refractivity contribution in [3.05, 3.63) is 59.7 Å². The Kier molecular flexibility index (Phi) is 2.32. The van der Waals surface area contributed by atoms with Gasteiger partial charge in [-0.25, -0.2) is 0 Å². The van der Waals surface area contributed by atoms with Crippen molar-refractivity contribution >= 4 is 27.2 Å². The van der Waals surface area contributed by atoms with E-state index in [0.717, 1.165) is 12.0 Å². The van der Waals surface area contributed by atoms with E-state index in [9.17, 15) is 4.79 Å². The Hall–Kier alpha value is -1.93. The fraction of sp³-hybridized carbons (Fsp3) is 0.118. The summed E-state index contributed by atoms with van der Waals surface area (Å²) in [7, 11) is 0. The molecule has 4 rings (SSSR count). The molecule has 0 fully saturated rings. The smallest absolute Gasteiger partial charge is 0.163 e. The van der Waals surface area contributed by atoms with Gasteiger partial charge < -0.3 is 0 Å². The van der Waals surface area contributed by atoms with Gasteiger partial charge in [0.2, 0.25) is 0 Å². The molecular formula is C17H12OS. The van der Waals surface area contributed by atoms with Crippen molar-refractivity contribution in [2.45, 2.75) is 12.8 Å². The minimum atomic E-state index is 0.288. The van der Waals surface area contributed by atoms with Crippen LogP contribution in [0.3, 0.4) is 0 Å². The highest BCUT2D eigenvalue weighted by Gasteiger charge is 2.23. The highest BCUT2D eigenvalue weighted by Crippen LogP contribution is 2.43. The molecule has 0 spiro atoms. The normalized spacial score (nSPS) is 14.0. The summed E-state index contributed by atoms with van der Waals surface area (Å²) >= 11 is 1.81. The van der Waals surface area contributed by atoms with Gasteiger partial charge in [0.05, 0.1) is 0 Å². The Morgan fingerprint density at radius 1 is 0.895 bits per heavy atom. The molecule has 1 aliphatic rings. The zero-order valence-corrected chi connectivity index (χ0v) is 11.2. The summed E-state index contributed by atoms with van der Waals surface area (Å²) in [6.45, 7) is 0. The maximum absolute atomic E-state index is 12.0. The third-order valence-electron chi connectivity index (χ3n) is 3.75. The third kappa shape index (κ3) is 1.57. The molecule has 0 atom stereocenters. The number of aryl methyl sites for hydroxylation is 1. The van der Waals surface area contributed by atoms with E-state index in [0.29, 0.717) is 6.42 Å². The number of benzene rings is 2. The summed E-state index contributed by atoms with van der Waals surface area (Å²) in [5.41, 5.74) is 3.54. The van der Waals surface area contributed by atoms with Gasteiger partial charge in [-0.3, -0.25) is 4.79 Å². The van der Waals surface area contributed by atoms with E-state index in [-0.39, 0.29) is 5.78 Å². The Labute approximate surface area is 115 Å². The fourth-order valence-electron chi connectivity index (χ4n) is 2.88. The van der Waals surface area contributed by atoms with Crippen molar-refractivity contribution in [1.29, 1.82) is 0 Å². The van der Waals surface area contributed by atoms with Crippen molar-refractivity contribution in [2.75, 3.05) is 0 Å². The van der Waals surface area contributed by atoms with E-state index < -0.39 is 0 Å². The average Bonchev–Trinajstić information content (AvgIpc) is 2.84. The monoisotopic (exact) mass is 264 g/mol. The molecule has 1 aromatic heterocycles. The summed E-state index contributed by atoms with van der Waals surface area (Å²) in [6, 6.07) is 16.6. The molecule has 2 heteroatoms. The van der Waals surface area contributed by atoms with E-state index >= 15 is 0 Å². The summed E-state index contributed by atoms with van der Waals surface area (Å²) < 4.78 is 1.24. The summed E-state index contributed by atoms with van der Waals surface area (Å²) in [6.07, 6.45) is 1.52. The maximum atomic E-state index is 12.0. The second-order valence-corrected chi connectivity index (χ2v) is 5.93. The van der Waals surface area contributed by atoms with Gasteiger partial charge in [-0.05, 0) is 23.6 Å². The molecule has 0 bridgehead atoms. The van der Waals surface area contributed by atoms with Gasteiger partial charge in [0.1, 0.15) is 0 Å². The topological polar surface area (TPSA) is 17.1 Å². The largest absolute Gasteiger partial charge is 0.294 e. The molecule has 1 aliphatic carbocycles. The zero-order chi connectivity index (χ0) is 12.8. The van der Waals surface area contributed by atoms with Crippen LogP contribution in [0.1, 0.15) is 22.3 Å². The van der Waals surface area contributed by atoms with Crippen LogP contribution < -0.4 is 0 Å². The van der Waals surface area contributed by atoms with Gasteiger partial charge in [-0.15, -0.1) is 11.3 Å². The number of Topliss-reactive ketones (excluding diaryl/α,β-unsaturated/α-hetero) is 1. The molecular weight excluding hydrogens is 252 g/mol. The molecule has 0 saturated carbocycles. The number of rotatable bonds is 1. The van der Waals surface area contributed by atoms with Crippen LogP contribution in [-0.2, 0) is 6.42 Å². The van der Waals surface area contributed by atoms with Crippen molar-refractivity contribution in [1.82, 2.24) is 0 Å². The van der Waals surface area contributed by atoms with Gasteiger partial charge >= 0.3 is 0 Å². The number of ketones is 1. The third-order valence-corrected chi connectivity index (χ3v) is 5.00. The van der Waals surface area contributed by atoms with Gasteiger partial charge in [-0.2, -0.15) is 0 Å². The quantitative estimate of drug-likeness (QED) is 0.622. The molecule has 1 heterocycles. The first kappa shape index (κ1) is 10.9. The molecule has 2 aromatic carbocycles. The van der Waals surface area contributed by atoms with Crippen molar-refractivity contribution in [2.24, 2.45) is 0 Å². The van der Waals surface area contributed by atoms with Crippen LogP contribution in [0.25, 0.3) is 20.5 Å². The molecule has 92 valence electrons. The molecule has 0 radical (unpaired) electrons. The molecule has 0 unspecified atom stereocenters. The second kappa shape index (κ2) is 4.04. The maximum Gasteiger partial charge on any atom is 0.163 e. The van der Waals surface area contributed by atoms with E-state index in [1.165, 1.54) is 26.1 Å². The highest BCUT2D eigenvalue weighted by atomic mass is 32.1. The van der Waals surface area contributed by atoms with Crippen LogP contribution >= 0.6 is 11.3 Å². The SMILES string of the molecule is O=C1CCc2c(-c3ccccc3)sc3cccc1c23. The van der Waals surface area contributed by atoms with Crippen LogP contribution in [0.2, 0.25) is 0 Å². The van der Waals surface area contributed by atoms with Crippen LogP contribution in [0.4, 0.5) is 0 Å². The summed E-state index contributed by atoms with van der Waals surface area (Å²) in [4.78, 5) is 13.4. The zero-order valence-electron chi connectivity index (χ0n) is 10.3. The van der Waals surface area contributed by atoms with Crippen LogP contribution in [0, 0.1) is 0 Å². The number of carbonyl (C=O) groups is 1. The van der Waals surface area contributed by atoms with Gasteiger partial charge in [-0.1, -0.05) is 42.5 Å². The second-order valence-electron chi connectivity index (χ2n) is 4.88. The first-order chi connectivity index (χ1) is 9.34. The first-order valence-electron chi connectivity index (χ1n) is 6.47.